The number of nitrogens with one attached hydrogen (secondary N) is 2. The Kier molecular flexibility index (Phi) is 2.96. The number of anilines is 3. The molecule has 3 aromatic rings. The van der Waals surface area contributed by atoms with Crippen LogP contribution >= 0.6 is 0 Å². The van der Waals surface area contributed by atoms with Crippen LogP contribution in [-0.4, -0.2) is 9.97 Å². The lowest BCUT2D eigenvalue weighted by atomic mass is 10.1. The number of rotatable bonds is 3. The fraction of sp³-hybridized carbons (Fsp3) is 0. The summed E-state index contributed by atoms with van der Waals surface area (Å²) in [5.41, 5.74) is 4.47. The van der Waals surface area contributed by atoms with Crippen molar-refractivity contribution < 1.29 is 0 Å². The van der Waals surface area contributed by atoms with Crippen LogP contribution in [0.25, 0.3) is 10.8 Å². The van der Waals surface area contributed by atoms with E-state index in [2.05, 4.69) is 20.7 Å². The number of nitrogen functional groups attached to an aromatic ring is 1. The van der Waals surface area contributed by atoms with E-state index in [1.54, 1.807) is 12.4 Å². The zero-order valence-electron chi connectivity index (χ0n) is 10.2. The number of hydrazine groups is 1. The minimum absolute atomic E-state index is 0.618. The van der Waals surface area contributed by atoms with Gasteiger partial charge in [0.25, 0.3) is 0 Å². The Labute approximate surface area is 110 Å². The summed E-state index contributed by atoms with van der Waals surface area (Å²) in [5.74, 6) is 5.97. The molecule has 5 heteroatoms. The molecule has 0 unspecified atom stereocenters. The average molecular weight is 251 g/mol. The SMILES string of the molecule is NNc1cc(Nc2cccc3cnccc23)ccn1. The van der Waals surface area contributed by atoms with Gasteiger partial charge in [-0.05, 0) is 18.2 Å². The maximum Gasteiger partial charge on any atom is 0.141 e. The van der Waals surface area contributed by atoms with Crippen LogP contribution in [0.4, 0.5) is 17.2 Å². The molecule has 3 rings (SSSR count). The van der Waals surface area contributed by atoms with E-state index in [4.69, 9.17) is 5.84 Å². The molecule has 0 saturated carbocycles. The van der Waals surface area contributed by atoms with Gasteiger partial charge in [-0.2, -0.15) is 0 Å². The fourth-order valence-electron chi connectivity index (χ4n) is 1.97. The first kappa shape index (κ1) is 11.4. The normalized spacial score (nSPS) is 10.4. The average Bonchev–Trinajstić information content (AvgIpc) is 2.48. The maximum atomic E-state index is 5.35. The van der Waals surface area contributed by atoms with Crippen molar-refractivity contribution in [3.63, 3.8) is 0 Å². The number of pyridine rings is 2. The molecule has 0 saturated heterocycles. The second-order valence-corrected chi connectivity index (χ2v) is 4.10. The van der Waals surface area contributed by atoms with Crippen LogP contribution in [0.1, 0.15) is 0 Å². The minimum atomic E-state index is 0.618. The molecule has 4 N–H and O–H groups in total. The third-order valence-corrected chi connectivity index (χ3v) is 2.87. The lowest BCUT2D eigenvalue weighted by Gasteiger charge is -2.10. The summed E-state index contributed by atoms with van der Waals surface area (Å²) < 4.78 is 0. The maximum absolute atomic E-state index is 5.35. The molecule has 0 aliphatic carbocycles. The molecule has 0 bridgehead atoms. The second kappa shape index (κ2) is 4.91. The molecule has 1 aromatic carbocycles. The summed E-state index contributed by atoms with van der Waals surface area (Å²) in [6.45, 7) is 0. The van der Waals surface area contributed by atoms with Crippen molar-refractivity contribution in [3.05, 3.63) is 55.0 Å². The molecule has 0 aliphatic rings. The van der Waals surface area contributed by atoms with Gasteiger partial charge in [0.05, 0.1) is 0 Å². The van der Waals surface area contributed by atoms with E-state index in [0.717, 1.165) is 22.1 Å². The van der Waals surface area contributed by atoms with Gasteiger partial charge < -0.3 is 10.7 Å². The Bertz CT molecular complexity index is 706. The van der Waals surface area contributed by atoms with Crippen LogP contribution in [-0.2, 0) is 0 Å². The van der Waals surface area contributed by atoms with Gasteiger partial charge in [-0.25, -0.2) is 10.8 Å². The third kappa shape index (κ3) is 2.31. The van der Waals surface area contributed by atoms with Crippen LogP contribution in [0, 0.1) is 0 Å². The van der Waals surface area contributed by atoms with Crippen LogP contribution in [0.3, 0.4) is 0 Å². The summed E-state index contributed by atoms with van der Waals surface area (Å²) in [7, 11) is 0. The predicted octanol–water partition coefficient (Wildman–Crippen LogP) is 2.66. The molecular formula is C14H13N5. The number of nitrogens with two attached hydrogens (primary N) is 1. The highest BCUT2D eigenvalue weighted by atomic mass is 15.2. The molecular weight excluding hydrogens is 238 g/mol. The zero-order chi connectivity index (χ0) is 13.1. The highest BCUT2D eigenvalue weighted by molar-refractivity contribution is 5.94. The number of nitrogens with zero attached hydrogens (tertiary/aromatic N) is 2. The van der Waals surface area contributed by atoms with Crippen molar-refractivity contribution in [2.45, 2.75) is 0 Å². The van der Waals surface area contributed by atoms with Crippen molar-refractivity contribution in [3.8, 4) is 0 Å². The van der Waals surface area contributed by atoms with Gasteiger partial charge >= 0.3 is 0 Å². The molecule has 0 spiro atoms. The number of fused-ring (bicyclic) bond motifs is 1. The molecule has 0 aliphatic heterocycles. The lowest BCUT2D eigenvalue weighted by molar-refractivity contribution is 1.23. The molecule has 94 valence electrons. The monoisotopic (exact) mass is 251 g/mol. The van der Waals surface area contributed by atoms with E-state index >= 15 is 0 Å². The molecule has 0 atom stereocenters. The van der Waals surface area contributed by atoms with E-state index in [1.165, 1.54) is 0 Å². The van der Waals surface area contributed by atoms with Gasteiger partial charge in [0.2, 0.25) is 0 Å². The Morgan fingerprint density at radius 1 is 1.05 bits per heavy atom. The van der Waals surface area contributed by atoms with Gasteiger partial charge in [0.1, 0.15) is 5.82 Å². The Balaban J connectivity index is 2.01. The molecule has 5 nitrogen and oxygen atoms in total. The molecule has 2 aromatic heterocycles. The summed E-state index contributed by atoms with van der Waals surface area (Å²) in [5, 5.41) is 5.58. The van der Waals surface area contributed by atoms with Gasteiger partial charge in [0.15, 0.2) is 0 Å². The number of aromatic nitrogens is 2. The first-order chi connectivity index (χ1) is 9.36. The van der Waals surface area contributed by atoms with Crippen molar-refractivity contribution in [1.29, 1.82) is 0 Å². The van der Waals surface area contributed by atoms with Crippen molar-refractivity contribution >= 4 is 28.0 Å². The Hall–Kier alpha value is -2.66. The van der Waals surface area contributed by atoms with Gasteiger partial charge in [0, 0.05) is 46.8 Å². The number of benzene rings is 1. The van der Waals surface area contributed by atoms with Crippen LogP contribution in [0.5, 0.6) is 0 Å². The summed E-state index contributed by atoms with van der Waals surface area (Å²) in [6, 6.07) is 11.8. The zero-order valence-corrected chi connectivity index (χ0v) is 10.2. The van der Waals surface area contributed by atoms with E-state index in [-0.39, 0.29) is 0 Å². The van der Waals surface area contributed by atoms with Crippen LogP contribution in [0.15, 0.2) is 55.0 Å². The second-order valence-electron chi connectivity index (χ2n) is 4.10. The number of hydrogen-bond donors (Lipinski definition) is 3. The Morgan fingerprint density at radius 3 is 2.89 bits per heavy atom. The van der Waals surface area contributed by atoms with E-state index in [1.807, 2.05) is 42.6 Å². The highest BCUT2D eigenvalue weighted by Crippen LogP contribution is 2.26. The van der Waals surface area contributed by atoms with Crippen LogP contribution < -0.4 is 16.6 Å². The topological polar surface area (TPSA) is 75.9 Å². The quantitative estimate of drug-likeness (QED) is 0.493. The molecule has 0 fully saturated rings. The van der Waals surface area contributed by atoms with E-state index in [0.29, 0.717) is 5.82 Å². The highest BCUT2D eigenvalue weighted by Gasteiger charge is 2.01. The van der Waals surface area contributed by atoms with Crippen molar-refractivity contribution in [2.75, 3.05) is 10.7 Å². The van der Waals surface area contributed by atoms with Crippen molar-refractivity contribution in [1.82, 2.24) is 9.97 Å². The standard InChI is InChI=1S/C14H13N5/c15-19-14-8-11(4-7-17-14)18-13-3-1-2-10-9-16-6-5-12(10)13/h1-9H,15H2,(H2,17,18,19). The Morgan fingerprint density at radius 2 is 2.00 bits per heavy atom. The lowest BCUT2D eigenvalue weighted by Crippen LogP contribution is -2.08. The minimum Gasteiger partial charge on any atom is -0.355 e. The molecule has 0 amide bonds. The smallest absolute Gasteiger partial charge is 0.141 e. The van der Waals surface area contributed by atoms with Crippen LogP contribution in [0.2, 0.25) is 0 Å². The first-order valence-electron chi connectivity index (χ1n) is 5.89. The van der Waals surface area contributed by atoms with Gasteiger partial charge in [-0.1, -0.05) is 12.1 Å². The largest absolute Gasteiger partial charge is 0.355 e. The molecule has 0 radical (unpaired) electrons. The van der Waals surface area contributed by atoms with E-state index in [9.17, 15) is 0 Å². The van der Waals surface area contributed by atoms with E-state index < -0.39 is 0 Å². The summed E-state index contributed by atoms with van der Waals surface area (Å²) >= 11 is 0. The summed E-state index contributed by atoms with van der Waals surface area (Å²) in [6.07, 6.45) is 5.33. The van der Waals surface area contributed by atoms with Gasteiger partial charge in [-0.3, -0.25) is 4.98 Å². The molecule has 2 heterocycles. The number of hydrogen-bond acceptors (Lipinski definition) is 5. The predicted molar refractivity (Wildman–Crippen MR) is 77.1 cm³/mol. The molecule has 19 heavy (non-hydrogen) atoms. The van der Waals surface area contributed by atoms with Crippen molar-refractivity contribution in [2.24, 2.45) is 5.84 Å². The first-order valence-corrected chi connectivity index (χ1v) is 5.89. The fourth-order valence-corrected chi connectivity index (χ4v) is 1.97. The van der Waals surface area contributed by atoms with Gasteiger partial charge in [-0.15, -0.1) is 0 Å². The third-order valence-electron chi connectivity index (χ3n) is 2.87. The summed E-state index contributed by atoms with van der Waals surface area (Å²) in [4.78, 5) is 8.20.